The Morgan fingerprint density at radius 1 is 1.17 bits per heavy atom. The number of ether oxygens (including phenoxy) is 1. The zero-order chi connectivity index (χ0) is 16.4. The number of carbonyl (C=O) groups is 1. The van der Waals surface area contributed by atoms with Crippen LogP contribution in [0.3, 0.4) is 0 Å². The monoisotopic (exact) mass is 310 g/mol. The molecule has 1 aliphatic rings. The lowest BCUT2D eigenvalue weighted by Gasteiger charge is -2.33. The van der Waals surface area contributed by atoms with E-state index in [0.717, 1.165) is 23.4 Å². The van der Waals surface area contributed by atoms with E-state index in [2.05, 4.69) is 0 Å². The summed E-state index contributed by atoms with van der Waals surface area (Å²) in [5.74, 6) is 0.0377. The number of rotatable bonds is 3. The predicted octanol–water partition coefficient (Wildman–Crippen LogP) is 3.49. The van der Waals surface area contributed by atoms with Gasteiger partial charge in [0.25, 0.3) is 5.91 Å². The summed E-state index contributed by atoms with van der Waals surface area (Å²) in [6.07, 6.45) is 0.871. The Morgan fingerprint density at radius 2 is 1.96 bits per heavy atom. The van der Waals surface area contributed by atoms with Crippen LogP contribution in [0.15, 0.2) is 48.5 Å². The van der Waals surface area contributed by atoms with Gasteiger partial charge < -0.3 is 14.5 Å². The van der Waals surface area contributed by atoms with Gasteiger partial charge in [-0.2, -0.15) is 0 Å². The highest BCUT2D eigenvalue weighted by atomic mass is 16.5. The van der Waals surface area contributed by atoms with Crippen LogP contribution in [-0.2, 0) is 4.74 Å². The third kappa shape index (κ3) is 2.94. The van der Waals surface area contributed by atoms with Gasteiger partial charge in [-0.15, -0.1) is 0 Å². The van der Waals surface area contributed by atoms with Gasteiger partial charge in [0.05, 0.1) is 6.10 Å². The molecule has 0 radical (unpaired) electrons. The van der Waals surface area contributed by atoms with Gasteiger partial charge in [0.2, 0.25) is 0 Å². The minimum atomic E-state index is 0.0377. The second kappa shape index (κ2) is 6.42. The fourth-order valence-electron chi connectivity index (χ4n) is 3.06. The molecule has 1 heterocycles. The molecule has 120 valence electrons. The lowest BCUT2D eigenvalue weighted by atomic mass is 9.98. The Kier molecular flexibility index (Phi) is 4.35. The lowest BCUT2D eigenvalue weighted by Crippen LogP contribution is -2.37. The van der Waals surface area contributed by atoms with Crippen LogP contribution in [0.1, 0.15) is 28.4 Å². The van der Waals surface area contributed by atoms with Crippen molar-refractivity contribution < 1.29 is 9.53 Å². The van der Waals surface area contributed by atoms with E-state index in [0.29, 0.717) is 12.1 Å². The van der Waals surface area contributed by atoms with Gasteiger partial charge in [-0.3, -0.25) is 4.79 Å². The third-order valence-electron chi connectivity index (χ3n) is 4.33. The molecule has 0 N–H and O–H groups in total. The molecule has 1 aliphatic heterocycles. The minimum Gasteiger partial charge on any atom is -0.378 e. The maximum absolute atomic E-state index is 13.0. The van der Waals surface area contributed by atoms with E-state index >= 15 is 0 Å². The summed E-state index contributed by atoms with van der Waals surface area (Å²) in [6, 6.07) is 15.7. The standard InChI is InChI=1S/C19H22N2O2/c1-20(2)15-8-6-7-14(13-15)19(22)21-12-11-18(23-3)16-9-4-5-10-17(16)21/h4-10,13,18H,11-12H2,1-3H3. The number of para-hydroxylation sites is 1. The molecule has 1 amide bonds. The fraction of sp³-hybridized carbons (Fsp3) is 0.316. The minimum absolute atomic E-state index is 0.0377. The summed E-state index contributed by atoms with van der Waals surface area (Å²) in [7, 11) is 5.67. The van der Waals surface area contributed by atoms with Crippen LogP contribution < -0.4 is 9.80 Å². The summed E-state index contributed by atoms with van der Waals surface area (Å²) < 4.78 is 5.56. The van der Waals surface area contributed by atoms with Crippen molar-refractivity contribution in [2.75, 3.05) is 37.5 Å². The smallest absolute Gasteiger partial charge is 0.258 e. The van der Waals surface area contributed by atoms with Crippen LogP contribution in [0.25, 0.3) is 0 Å². The van der Waals surface area contributed by atoms with E-state index in [1.165, 1.54) is 0 Å². The molecule has 3 rings (SSSR count). The van der Waals surface area contributed by atoms with Crippen LogP contribution in [0.2, 0.25) is 0 Å². The average Bonchev–Trinajstić information content (AvgIpc) is 2.60. The van der Waals surface area contributed by atoms with Crippen molar-refractivity contribution in [1.29, 1.82) is 0 Å². The number of hydrogen-bond donors (Lipinski definition) is 0. The first-order valence-corrected chi connectivity index (χ1v) is 7.83. The molecule has 0 spiro atoms. The Hall–Kier alpha value is -2.33. The predicted molar refractivity (Wildman–Crippen MR) is 93.3 cm³/mol. The number of carbonyl (C=O) groups excluding carboxylic acids is 1. The Balaban J connectivity index is 1.96. The molecular weight excluding hydrogens is 288 g/mol. The lowest BCUT2D eigenvalue weighted by molar-refractivity contribution is 0.0868. The van der Waals surface area contributed by atoms with Gasteiger partial charge >= 0.3 is 0 Å². The van der Waals surface area contributed by atoms with E-state index in [1.807, 2.05) is 72.4 Å². The first kappa shape index (κ1) is 15.6. The summed E-state index contributed by atoms with van der Waals surface area (Å²) in [6.45, 7) is 0.667. The molecule has 1 unspecified atom stereocenters. The molecular formula is C19H22N2O2. The van der Waals surface area contributed by atoms with Gasteiger partial charge in [-0.05, 0) is 30.7 Å². The Labute approximate surface area is 137 Å². The molecule has 0 saturated heterocycles. The van der Waals surface area contributed by atoms with Crippen LogP contribution >= 0.6 is 0 Å². The normalized spacial score (nSPS) is 16.8. The second-order valence-corrected chi connectivity index (χ2v) is 5.97. The molecule has 4 heteroatoms. The van der Waals surface area contributed by atoms with Crippen molar-refractivity contribution in [2.24, 2.45) is 0 Å². The van der Waals surface area contributed by atoms with E-state index in [9.17, 15) is 4.79 Å². The molecule has 2 aromatic carbocycles. The highest BCUT2D eigenvalue weighted by Crippen LogP contribution is 2.36. The number of amides is 1. The maximum atomic E-state index is 13.0. The molecule has 2 aromatic rings. The zero-order valence-corrected chi connectivity index (χ0v) is 13.8. The summed E-state index contributed by atoms with van der Waals surface area (Å²) in [5.41, 5.74) is 3.77. The largest absolute Gasteiger partial charge is 0.378 e. The van der Waals surface area contributed by atoms with E-state index in [-0.39, 0.29) is 12.0 Å². The van der Waals surface area contributed by atoms with Gasteiger partial charge in [0.15, 0.2) is 0 Å². The van der Waals surface area contributed by atoms with Crippen LogP contribution in [-0.4, -0.2) is 33.7 Å². The maximum Gasteiger partial charge on any atom is 0.258 e. The van der Waals surface area contributed by atoms with Gasteiger partial charge in [0, 0.05) is 50.3 Å². The van der Waals surface area contributed by atoms with Crippen molar-refractivity contribution in [2.45, 2.75) is 12.5 Å². The van der Waals surface area contributed by atoms with Crippen molar-refractivity contribution in [3.63, 3.8) is 0 Å². The molecule has 0 aromatic heterocycles. The number of anilines is 2. The van der Waals surface area contributed by atoms with Crippen molar-refractivity contribution in [1.82, 2.24) is 0 Å². The number of nitrogens with zero attached hydrogens (tertiary/aromatic N) is 2. The van der Waals surface area contributed by atoms with E-state index in [1.54, 1.807) is 7.11 Å². The zero-order valence-electron chi connectivity index (χ0n) is 13.8. The molecule has 4 nitrogen and oxygen atoms in total. The molecule has 1 atom stereocenters. The van der Waals surface area contributed by atoms with E-state index in [4.69, 9.17) is 4.74 Å². The van der Waals surface area contributed by atoms with Crippen molar-refractivity contribution in [3.05, 3.63) is 59.7 Å². The SMILES string of the molecule is COC1CCN(C(=O)c2cccc(N(C)C)c2)c2ccccc21. The summed E-state index contributed by atoms with van der Waals surface area (Å²) in [5, 5.41) is 0. The van der Waals surface area contributed by atoms with Crippen LogP contribution in [0.5, 0.6) is 0 Å². The van der Waals surface area contributed by atoms with E-state index < -0.39 is 0 Å². The number of hydrogen-bond acceptors (Lipinski definition) is 3. The molecule has 0 saturated carbocycles. The molecule has 0 bridgehead atoms. The van der Waals surface area contributed by atoms with Gasteiger partial charge in [-0.1, -0.05) is 24.3 Å². The third-order valence-corrected chi connectivity index (χ3v) is 4.33. The molecule has 0 aliphatic carbocycles. The second-order valence-electron chi connectivity index (χ2n) is 5.97. The molecule has 23 heavy (non-hydrogen) atoms. The Morgan fingerprint density at radius 3 is 2.70 bits per heavy atom. The topological polar surface area (TPSA) is 32.8 Å². The van der Waals surface area contributed by atoms with Gasteiger partial charge in [-0.25, -0.2) is 0 Å². The summed E-state index contributed by atoms with van der Waals surface area (Å²) in [4.78, 5) is 16.9. The first-order chi connectivity index (χ1) is 11.1. The average molecular weight is 310 g/mol. The Bertz CT molecular complexity index is 712. The quantitative estimate of drug-likeness (QED) is 0.870. The van der Waals surface area contributed by atoms with Crippen LogP contribution in [0, 0.1) is 0 Å². The number of fused-ring (bicyclic) bond motifs is 1. The number of benzene rings is 2. The number of methoxy groups -OCH3 is 1. The summed E-state index contributed by atoms with van der Waals surface area (Å²) >= 11 is 0. The van der Waals surface area contributed by atoms with Crippen molar-refractivity contribution in [3.8, 4) is 0 Å². The van der Waals surface area contributed by atoms with Crippen LogP contribution in [0.4, 0.5) is 11.4 Å². The van der Waals surface area contributed by atoms with Crippen molar-refractivity contribution >= 4 is 17.3 Å². The fourth-order valence-corrected chi connectivity index (χ4v) is 3.06. The van der Waals surface area contributed by atoms with Gasteiger partial charge in [0.1, 0.15) is 0 Å². The highest BCUT2D eigenvalue weighted by Gasteiger charge is 2.29. The first-order valence-electron chi connectivity index (χ1n) is 7.83. The highest BCUT2D eigenvalue weighted by molar-refractivity contribution is 6.07. The molecule has 0 fully saturated rings.